The molecule has 0 spiro atoms. The number of hydrogen-bond donors (Lipinski definition) is 2. The van der Waals surface area contributed by atoms with Crippen LogP contribution in [0.1, 0.15) is 34.3 Å². The fraction of sp³-hybridized carbons (Fsp3) is 0.278. The first-order chi connectivity index (χ1) is 11.5. The fourth-order valence-corrected chi connectivity index (χ4v) is 2.56. The zero-order valence-electron chi connectivity index (χ0n) is 13.3. The second-order valence-electron chi connectivity index (χ2n) is 6.04. The molecule has 24 heavy (non-hydrogen) atoms. The van der Waals surface area contributed by atoms with Gasteiger partial charge in [-0.2, -0.15) is 0 Å². The molecule has 1 heterocycles. The molecule has 2 aromatic rings. The van der Waals surface area contributed by atoms with E-state index in [4.69, 9.17) is 0 Å². The number of carbonyl (C=O) groups excluding carboxylic acids is 1. The maximum Gasteiger partial charge on any atom is 0.341 e. The molecule has 1 aliphatic carbocycles. The van der Waals surface area contributed by atoms with Gasteiger partial charge in [-0.15, -0.1) is 0 Å². The van der Waals surface area contributed by atoms with Gasteiger partial charge in [0.25, 0.3) is 5.56 Å². The van der Waals surface area contributed by atoms with Gasteiger partial charge in [-0.1, -0.05) is 12.1 Å². The van der Waals surface area contributed by atoms with Crippen molar-refractivity contribution < 1.29 is 14.7 Å². The van der Waals surface area contributed by atoms with Gasteiger partial charge in [-0.3, -0.25) is 14.2 Å². The molecule has 0 unspecified atom stereocenters. The first kappa shape index (κ1) is 16.0. The number of rotatable bonds is 5. The molecule has 6 nitrogen and oxygen atoms in total. The van der Waals surface area contributed by atoms with E-state index in [1.807, 2.05) is 0 Å². The second-order valence-corrected chi connectivity index (χ2v) is 6.04. The molecule has 0 saturated heterocycles. The van der Waals surface area contributed by atoms with Crippen LogP contribution in [-0.4, -0.2) is 27.6 Å². The number of benzene rings is 1. The molecule has 0 aliphatic heterocycles. The van der Waals surface area contributed by atoms with E-state index in [0.29, 0.717) is 23.7 Å². The molecule has 1 amide bonds. The van der Waals surface area contributed by atoms with Crippen molar-refractivity contribution >= 4 is 11.9 Å². The summed E-state index contributed by atoms with van der Waals surface area (Å²) < 4.78 is 1.30. The summed E-state index contributed by atoms with van der Waals surface area (Å²) >= 11 is 0. The van der Waals surface area contributed by atoms with E-state index < -0.39 is 11.5 Å². The van der Waals surface area contributed by atoms with Crippen LogP contribution in [0.25, 0.3) is 5.69 Å². The summed E-state index contributed by atoms with van der Waals surface area (Å²) in [5.74, 6) is -1.24. The van der Waals surface area contributed by atoms with Crippen molar-refractivity contribution in [3.05, 3.63) is 63.6 Å². The minimum atomic E-state index is -1.24. The molecule has 3 rings (SSSR count). The smallest absolute Gasteiger partial charge is 0.341 e. The van der Waals surface area contributed by atoms with Crippen LogP contribution in [0, 0.1) is 6.92 Å². The monoisotopic (exact) mass is 326 g/mol. The lowest BCUT2D eigenvalue weighted by Crippen LogP contribution is -2.27. The molecular formula is C18H18N2O4. The molecule has 1 aromatic carbocycles. The Labute approximate surface area is 138 Å². The number of hydrogen-bond acceptors (Lipinski definition) is 3. The molecular weight excluding hydrogens is 308 g/mol. The first-order valence-corrected chi connectivity index (χ1v) is 7.80. The van der Waals surface area contributed by atoms with Crippen LogP contribution < -0.4 is 10.9 Å². The van der Waals surface area contributed by atoms with Crippen molar-refractivity contribution in [1.29, 1.82) is 0 Å². The van der Waals surface area contributed by atoms with Crippen LogP contribution in [0.2, 0.25) is 0 Å². The average Bonchev–Trinajstić information content (AvgIpc) is 3.32. The fourth-order valence-electron chi connectivity index (χ4n) is 2.56. The SMILES string of the molecule is Cc1ccn(-c2ccc(CC(=O)NC3CC3)cc2)c(=O)c1C(=O)O. The van der Waals surface area contributed by atoms with Crippen molar-refractivity contribution in [2.24, 2.45) is 0 Å². The highest BCUT2D eigenvalue weighted by Gasteiger charge is 2.23. The van der Waals surface area contributed by atoms with Crippen molar-refractivity contribution in [3.63, 3.8) is 0 Å². The lowest BCUT2D eigenvalue weighted by Gasteiger charge is -2.09. The number of amides is 1. The second kappa shape index (κ2) is 6.31. The van der Waals surface area contributed by atoms with Gasteiger partial charge in [0.2, 0.25) is 5.91 Å². The average molecular weight is 326 g/mol. The zero-order valence-corrected chi connectivity index (χ0v) is 13.3. The highest BCUT2D eigenvalue weighted by Crippen LogP contribution is 2.19. The normalized spacial score (nSPS) is 13.5. The van der Waals surface area contributed by atoms with Crippen molar-refractivity contribution in [3.8, 4) is 5.69 Å². The lowest BCUT2D eigenvalue weighted by atomic mass is 10.1. The standard InChI is InChI=1S/C18H18N2O4/c1-11-8-9-20(17(22)16(11)18(23)24)14-6-2-12(3-7-14)10-15(21)19-13-4-5-13/h2-3,6-9,13H,4-5,10H2,1H3,(H,19,21)(H,23,24). The summed E-state index contributed by atoms with van der Waals surface area (Å²) in [6, 6.07) is 8.90. The molecule has 1 saturated carbocycles. The maximum absolute atomic E-state index is 12.3. The number of nitrogens with zero attached hydrogens (tertiary/aromatic N) is 1. The van der Waals surface area contributed by atoms with Gasteiger partial charge < -0.3 is 10.4 Å². The Bertz CT molecular complexity index is 848. The third kappa shape index (κ3) is 3.37. The highest BCUT2D eigenvalue weighted by molar-refractivity contribution is 5.88. The minimum absolute atomic E-state index is 0.00841. The molecule has 1 aliphatic rings. The Balaban J connectivity index is 1.83. The first-order valence-electron chi connectivity index (χ1n) is 7.80. The van der Waals surface area contributed by atoms with Crippen LogP contribution in [0.5, 0.6) is 0 Å². The summed E-state index contributed by atoms with van der Waals surface area (Å²) in [7, 11) is 0. The van der Waals surface area contributed by atoms with Crippen molar-refractivity contribution in [2.45, 2.75) is 32.2 Å². The Hall–Kier alpha value is -2.89. The number of nitrogens with one attached hydrogen (secondary N) is 1. The van der Waals surface area contributed by atoms with Gasteiger partial charge in [-0.05, 0) is 49.1 Å². The van der Waals surface area contributed by atoms with E-state index in [1.165, 1.54) is 4.57 Å². The van der Waals surface area contributed by atoms with Crippen LogP contribution >= 0.6 is 0 Å². The number of carboxylic acids is 1. The molecule has 2 N–H and O–H groups in total. The summed E-state index contributed by atoms with van der Waals surface area (Å²) in [5.41, 5.74) is 1.04. The quantitative estimate of drug-likeness (QED) is 0.875. The third-order valence-corrected chi connectivity index (χ3v) is 4.04. The molecule has 124 valence electrons. The van der Waals surface area contributed by atoms with Crippen LogP contribution in [0.15, 0.2) is 41.3 Å². The number of aromatic nitrogens is 1. The number of aromatic carboxylic acids is 1. The van der Waals surface area contributed by atoms with E-state index in [9.17, 15) is 19.5 Å². The number of pyridine rings is 1. The molecule has 6 heteroatoms. The molecule has 0 radical (unpaired) electrons. The number of aryl methyl sites for hydroxylation is 1. The van der Waals surface area contributed by atoms with Gasteiger partial charge in [0, 0.05) is 17.9 Å². The Morgan fingerprint density at radius 2 is 1.88 bits per heavy atom. The third-order valence-electron chi connectivity index (χ3n) is 4.04. The summed E-state index contributed by atoms with van der Waals surface area (Å²) in [5, 5.41) is 12.1. The maximum atomic E-state index is 12.3. The summed E-state index contributed by atoms with van der Waals surface area (Å²) in [6.07, 6.45) is 3.94. The van der Waals surface area contributed by atoms with Gasteiger partial charge >= 0.3 is 5.97 Å². The van der Waals surface area contributed by atoms with Crippen LogP contribution in [0.3, 0.4) is 0 Å². The van der Waals surface area contributed by atoms with Crippen LogP contribution in [-0.2, 0) is 11.2 Å². The highest BCUT2D eigenvalue weighted by atomic mass is 16.4. The van der Waals surface area contributed by atoms with Crippen LogP contribution in [0.4, 0.5) is 0 Å². The summed E-state index contributed by atoms with van der Waals surface area (Å²) in [6.45, 7) is 1.59. The van der Waals surface area contributed by atoms with Gasteiger partial charge in [0.05, 0.1) is 6.42 Å². The van der Waals surface area contributed by atoms with Crippen molar-refractivity contribution in [2.75, 3.05) is 0 Å². The molecule has 0 bridgehead atoms. The Morgan fingerprint density at radius 3 is 2.46 bits per heavy atom. The van der Waals surface area contributed by atoms with E-state index in [-0.39, 0.29) is 11.5 Å². The Morgan fingerprint density at radius 1 is 1.21 bits per heavy atom. The molecule has 1 aromatic heterocycles. The van der Waals surface area contributed by atoms with Crippen molar-refractivity contribution in [1.82, 2.24) is 9.88 Å². The van der Waals surface area contributed by atoms with E-state index in [2.05, 4.69) is 5.32 Å². The van der Waals surface area contributed by atoms with E-state index >= 15 is 0 Å². The van der Waals surface area contributed by atoms with Gasteiger partial charge in [-0.25, -0.2) is 4.79 Å². The van der Waals surface area contributed by atoms with Gasteiger partial charge in [0.15, 0.2) is 0 Å². The molecule has 1 fully saturated rings. The Kier molecular flexibility index (Phi) is 4.20. The molecule has 0 atom stereocenters. The van der Waals surface area contributed by atoms with E-state index in [1.54, 1.807) is 43.5 Å². The predicted octanol–water partition coefficient (Wildman–Crippen LogP) is 1.67. The number of carbonyl (C=O) groups is 2. The topological polar surface area (TPSA) is 88.4 Å². The largest absolute Gasteiger partial charge is 0.477 e. The minimum Gasteiger partial charge on any atom is -0.477 e. The lowest BCUT2D eigenvalue weighted by molar-refractivity contribution is -0.120. The van der Waals surface area contributed by atoms with Gasteiger partial charge in [0.1, 0.15) is 5.56 Å². The summed E-state index contributed by atoms with van der Waals surface area (Å²) in [4.78, 5) is 35.4. The predicted molar refractivity (Wildman–Crippen MR) is 88.6 cm³/mol. The van der Waals surface area contributed by atoms with E-state index in [0.717, 1.165) is 18.4 Å². The number of carboxylic acid groups (broad SMARTS) is 1. The zero-order chi connectivity index (χ0) is 17.3.